The van der Waals surface area contributed by atoms with Crippen LogP contribution in [0.2, 0.25) is 0 Å². The molecule has 0 radical (unpaired) electrons. The topological polar surface area (TPSA) is 62.2 Å². The molecule has 1 atom stereocenters. The van der Waals surface area contributed by atoms with Crippen LogP contribution in [-0.2, 0) is 10.3 Å². The van der Waals surface area contributed by atoms with Gasteiger partial charge < -0.3 is 10.4 Å². The number of nitrogens with one attached hydrogen (secondary N) is 1. The molecule has 0 aliphatic rings. The maximum absolute atomic E-state index is 11.8. The van der Waals surface area contributed by atoms with Crippen molar-refractivity contribution in [2.45, 2.75) is 17.0 Å². The van der Waals surface area contributed by atoms with E-state index in [4.69, 9.17) is 0 Å². The van der Waals surface area contributed by atoms with E-state index in [-0.39, 0.29) is 0 Å². The first-order valence-corrected chi connectivity index (χ1v) is 7.69. The minimum absolute atomic E-state index is 0.476. The molecule has 21 heavy (non-hydrogen) atoms. The lowest BCUT2D eigenvalue weighted by molar-refractivity contribution is -0.145. The number of carboxylic acid groups (broad SMARTS) is 1. The van der Waals surface area contributed by atoms with Crippen molar-refractivity contribution in [1.82, 2.24) is 10.3 Å². The average molecular weight is 302 g/mol. The van der Waals surface area contributed by atoms with Gasteiger partial charge in [0.05, 0.1) is 5.03 Å². The second-order valence-electron chi connectivity index (χ2n) is 4.59. The summed E-state index contributed by atoms with van der Waals surface area (Å²) in [5, 5.41) is 13.6. The largest absolute Gasteiger partial charge is 0.480 e. The molecule has 0 aliphatic carbocycles. The van der Waals surface area contributed by atoms with Gasteiger partial charge >= 0.3 is 5.97 Å². The summed E-state index contributed by atoms with van der Waals surface area (Å²) in [6.07, 6.45) is 2.21. The molecular formula is C16H18N2O2S. The number of thioether (sulfide) groups is 1. The molecule has 110 valence electrons. The number of rotatable bonds is 7. The summed E-state index contributed by atoms with van der Waals surface area (Å²) in [4.78, 5) is 16.0. The number of aliphatic carboxylic acids is 1. The van der Waals surface area contributed by atoms with Crippen LogP contribution >= 0.6 is 11.8 Å². The molecule has 2 aromatic rings. The lowest BCUT2D eigenvalue weighted by Crippen LogP contribution is -2.47. The highest BCUT2D eigenvalue weighted by atomic mass is 32.2. The van der Waals surface area contributed by atoms with Crippen molar-refractivity contribution in [2.24, 2.45) is 0 Å². The van der Waals surface area contributed by atoms with Crippen molar-refractivity contribution < 1.29 is 9.90 Å². The van der Waals surface area contributed by atoms with Crippen molar-refractivity contribution in [1.29, 1.82) is 0 Å². The summed E-state index contributed by atoms with van der Waals surface area (Å²) in [7, 11) is 1.69. The highest BCUT2D eigenvalue weighted by Gasteiger charge is 2.38. The fraction of sp³-hybridized carbons (Fsp3) is 0.250. The number of aromatic nitrogens is 1. The third-order valence-corrected chi connectivity index (χ3v) is 4.37. The van der Waals surface area contributed by atoms with Gasteiger partial charge in [0.1, 0.15) is 5.54 Å². The lowest BCUT2D eigenvalue weighted by Gasteiger charge is -2.29. The molecule has 0 bridgehead atoms. The predicted octanol–water partition coefficient (Wildman–Crippen LogP) is 2.76. The summed E-state index contributed by atoms with van der Waals surface area (Å²) in [6.45, 7) is 0. The Balaban J connectivity index is 2.12. The van der Waals surface area contributed by atoms with Crippen LogP contribution in [0.5, 0.6) is 0 Å². The Morgan fingerprint density at radius 2 is 1.95 bits per heavy atom. The van der Waals surface area contributed by atoms with Crippen LogP contribution in [-0.4, -0.2) is 28.9 Å². The quantitative estimate of drug-likeness (QED) is 0.770. The Labute approximate surface area is 128 Å². The third kappa shape index (κ3) is 3.62. The van der Waals surface area contributed by atoms with E-state index in [1.165, 1.54) is 0 Å². The van der Waals surface area contributed by atoms with Crippen LogP contribution in [0, 0.1) is 0 Å². The Morgan fingerprint density at radius 3 is 2.52 bits per heavy atom. The number of carboxylic acids is 1. The molecule has 0 saturated carbocycles. The van der Waals surface area contributed by atoms with Gasteiger partial charge in [-0.25, -0.2) is 9.78 Å². The van der Waals surface area contributed by atoms with Gasteiger partial charge in [0.15, 0.2) is 0 Å². The maximum atomic E-state index is 11.8. The van der Waals surface area contributed by atoms with Crippen LogP contribution in [0.15, 0.2) is 59.8 Å². The number of hydrogen-bond donors (Lipinski definition) is 2. The van der Waals surface area contributed by atoms with Gasteiger partial charge in [0.2, 0.25) is 0 Å². The zero-order valence-electron chi connectivity index (χ0n) is 11.8. The Kier molecular flexibility index (Phi) is 5.36. The summed E-state index contributed by atoms with van der Waals surface area (Å²) in [5.74, 6) is -0.197. The summed E-state index contributed by atoms with van der Waals surface area (Å²) in [6, 6.07) is 15.0. The monoisotopic (exact) mass is 302 g/mol. The number of nitrogens with zero attached hydrogens (tertiary/aromatic N) is 1. The number of carbonyl (C=O) groups is 1. The van der Waals surface area contributed by atoms with Crippen molar-refractivity contribution >= 4 is 17.7 Å². The smallest absolute Gasteiger partial charge is 0.328 e. The Bertz CT molecular complexity index is 577. The van der Waals surface area contributed by atoms with Crippen molar-refractivity contribution in [3.63, 3.8) is 0 Å². The molecule has 0 amide bonds. The van der Waals surface area contributed by atoms with Gasteiger partial charge in [-0.2, -0.15) is 0 Å². The van der Waals surface area contributed by atoms with Crippen LogP contribution in [0.4, 0.5) is 0 Å². The van der Waals surface area contributed by atoms with E-state index in [1.807, 2.05) is 48.5 Å². The van der Waals surface area contributed by atoms with Gasteiger partial charge in [-0.05, 0) is 31.2 Å². The highest BCUT2D eigenvalue weighted by Crippen LogP contribution is 2.28. The van der Waals surface area contributed by atoms with Crippen molar-refractivity contribution in [2.75, 3.05) is 12.8 Å². The second kappa shape index (κ2) is 7.24. The number of likely N-dealkylation sites (N-methyl/N-ethyl adjacent to an activating group) is 1. The van der Waals surface area contributed by atoms with Crippen LogP contribution < -0.4 is 5.32 Å². The SMILES string of the molecule is CNC(CCSc1ccccn1)(C(=O)O)c1ccccc1. The molecule has 0 fully saturated rings. The van der Waals surface area contributed by atoms with Gasteiger partial charge in [-0.3, -0.25) is 0 Å². The van der Waals surface area contributed by atoms with Crippen LogP contribution in [0.3, 0.4) is 0 Å². The highest BCUT2D eigenvalue weighted by molar-refractivity contribution is 7.99. The van der Waals surface area contributed by atoms with E-state index in [1.54, 1.807) is 25.0 Å². The molecule has 1 aromatic heterocycles. The van der Waals surface area contributed by atoms with E-state index in [0.29, 0.717) is 12.2 Å². The molecule has 0 spiro atoms. The van der Waals surface area contributed by atoms with Crippen LogP contribution in [0.1, 0.15) is 12.0 Å². The molecule has 5 heteroatoms. The van der Waals surface area contributed by atoms with Gasteiger partial charge in [-0.1, -0.05) is 36.4 Å². The molecular weight excluding hydrogens is 284 g/mol. The first-order chi connectivity index (χ1) is 10.2. The molecule has 4 nitrogen and oxygen atoms in total. The zero-order valence-corrected chi connectivity index (χ0v) is 12.6. The van der Waals surface area contributed by atoms with Gasteiger partial charge in [0, 0.05) is 11.9 Å². The molecule has 2 N–H and O–H groups in total. The molecule has 0 saturated heterocycles. The van der Waals surface area contributed by atoms with E-state index < -0.39 is 11.5 Å². The van der Waals surface area contributed by atoms with Crippen LogP contribution in [0.25, 0.3) is 0 Å². The molecule has 0 aliphatic heterocycles. The minimum Gasteiger partial charge on any atom is -0.480 e. The zero-order chi connectivity index (χ0) is 15.1. The number of pyridine rings is 1. The minimum atomic E-state index is -1.07. The molecule has 2 rings (SSSR count). The predicted molar refractivity (Wildman–Crippen MR) is 84.4 cm³/mol. The fourth-order valence-corrected chi connectivity index (χ4v) is 3.14. The first kappa shape index (κ1) is 15.5. The number of hydrogen-bond acceptors (Lipinski definition) is 4. The summed E-state index contributed by atoms with van der Waals surface area (Å²) < 4.78 is 0. The van der Waals surface area contributed by atoms with Gasteiger partial charge in [0.25, 0.3) is 0 Å². The molecule has 1 heterocycles. The normalized spacial score (nSPS) is 13.6. The summed E-state index contributed by atoms with van der Waals surface area (Å²) in [5.41, 5.74) is -0.301. The first-order valence-electron chi connectivity index (χ1n) is 6.71. The van der Waals surface area contributed by atoms with E-state index in [2.05, 4.69) is 10.3 Å². The third-order valence-electron chi connectivity index (χ3n) is 3.42. The second-order valence-corrected chi connectivity index (χ2v) is 5.71. The fourth-order valence-electron chi connectivity index (χ4n) is 2.21. The van der Waals surface area contributed by atoms with E-state index >= 15 is 0 Å². The van der Waals surface area contributed by atoms with E-state index in [9.17, 15) is 9.90 Å². The standard InChI is InChI=1S/C16H18N2O2S/c1-17-16(15(19)20,13-7-3-2-4-8-13)10-12-21-14-9-5-6-11-18-14/h2-9,11,17H,10,12H2,1H3,(H,19,20). The Morgan fingerprint density at radius 1 is 1.24 bits per heavy atom. The molecule has 1 aromatic carbocycles. The average Bonchev–Trinajstić information content (AvgIpc) is 2.53. The van der Waals surface area contributed by atoms with Crippen molar-refractivity contribution in [3.8, 4) is 0 Å². The number of benzene rings is 1. The maximum Gasteiger partial charge on any atom is 0.328 e. The molecule has 1 unspecified atom stereocenters. The van der Waals surface area contributed by atoms with Crippen molar-refractivity contribution in [3.05, 3.63) is 60.3 Å². The van der Waals surface area contributed by atoms with E-state index in [0.717, 1.165) is 10.6 Å². The Hall–Kier alpha value is -1.85. The summed E-state index contributed by atoms with van der Waals surface area (Å²) >= 11 is 1.56. The lowest BCUT2D eigenvalue weighted by atomic mass is 9.87. The van der Waals surface area contributed by atoms with Gasteiger partial charge in [-0.15, -0.1) is 11.8 Å².